The molecule has 0 aliphatic carbocycles. The number of nitrogens with zero attached hydrogens (tertiary/aromatic N) is 4. The van der Waals surface area contributed by atoms with Crippen LogP contribution in [0, 0.1) is 0 Å². The first-order valence-electron chi connectivity index (χ1n) is 7.99. The molecular formula is C15H28N6S. The highest BCUT2D eigenvalue weighted by molar-refractivity contribution is 7.99. The van der Waals surface area contributed by atoms with Crippen LogP contribution in [0.1, 0.15) is 45.4 Å². The first-order valence-corrected chi connectivity index (χ1v) is 9.22. The molecule has 22 heavy (non-hydrogen) atoms. The Hall–Kier alpha value is -1.24. The van der Waals surface area contributed by atoms with Crippen LogP contribution in [0.25, 0.3) is 0 Å². The smallest absolute Gasteiger partial charge is 0.193 e. The topological polar surface area (TPSA) is 69.2 Å². The van der Waals surface area contributed by atoms with Crippen LogP contribution < -0.4 is 5.32 Å². The van der Waals surface area contributed by atoms with Crippen molar-refractivity contribution in [2.75, 3.05) is 32.4 Å². The van der Waals surface area contributed by atoms with Gasteiger partial charge in [-0.2, -0.15) is 16.9 Å². The summed E-state index contributed by atoms with van der Waals surface area (Å²) in [6.45, 7) is 10.4. The number of guanidine groups is 1. The average Bonchev–Trinajstić information content (AvgIpc) is 3.06. The van der Waals surface area contributed by atoms with Gasteiger partial charge in [0.15, 0.2) is 5.96 Å². The number of rotatable bonds is 5. The Labute approximate surface area is 137 Å². The molecule has 2 rings (SSSR count). The fraction of sp³-hybridized carbons (Fsp3) is 0.800. The van der Waals surface area contributed by atoms with E-state index in [9.17, 15) is 0 Å². The van der Waals surface area contributed by atoms with Crippen LogP contribution in [0.4, 0.5) is 0 Å². The molecule has 7 heteroatoms. The highest BCUT2D eigenvalue weighted by Gasteiger charge is 2.25. The van der Waals surface area contributed by atoms with Crippen LogP contribution in [0.15, 0.2) is 11.3 Å². The van der Waals surface area contributed by atoms with Gasteiger partial charge in [0.05, 0.1) is 6.54 Å². The second-order valence-electron chi connectivity index (χ2n) is 6.27. The Morgan fingerprint density at radius 2 is 2.23 bits per heavy atom. The van der Waals surface area contributed by atoms with E-state index in [0.717, 1.165) is 50.8 Å². The minimum absolute atomic E-state index is 0.179. The molecule has 0 atom stereocenters. The van der Waals surface area contributed by atoms with Crippen molar-refractivity contribution in [2.24, 2.45) is 4.99 Å². The van der Waals surface area contributed by atoms with E-state index in [1.54, 1.807) is 6.33 Å². The number of likely N-dealkylation sites (tertiary alicyclic amines) is 1. The van der Waals surface area contributed by atoms with E-state index in [4.69, 9.17) is 4.99 Å². The van der Waals surface area contributed by atoms with E-state index in [1.165, 1.54) is 0 Å². The number of H-pyrrole nitrogens is 1. The number of aromatic amines is 1. The summed E-state index contributed by atoms with van der Waals surface area (Å²) in [4.78, 5) is 11.5. The number of piperidine rings is 1. The van der Waals surface area contributed by atoms with E-state index in [-0.39, 0.29) is 4.75 Å². The van der Waals surface area contributed by atoms with Crippen molar-refractivity contribution in [3.63, 3.8) is 0 Å². The predicted molar refractivity (Wildman–Crippen MR) is 93.5 cm³/mol. The van der Waals surface area contributed by atoms with Gasteiger partial charge in [-0.25, -0.2) is 4.98 Å². The van der Waals surface area contributed by atoms with E-state index in [1.807, 2.05) is 11.8 Å². The van der Waals surface area contributed by atoms with Crippen LogP contribution in [-0.2, 0) is 0 Å². The highest BCUT2D eigenvalue weighted by Crippen LogP contribution is 2.25. The maximum Gasteiger partial charge on any atom is 0.193 e. The van der Waals surface area contributed by atoms with Crippen molar-refractivity contribution >= 4 is 17.7 Å². The molecule has 0 spiro atoms. The lowest BCUT2D eigenvalue weighted by atomic mass is 9.96. The molecule has 0 amide bonds. The molecule has 0 unspecified atom stereocenters. The number of aromatic nitrogens is 3. The number of nitrogens with one attached hydrogen (secondary N) is 2. The van der Waals surface area contributed by atoms with Crippen LogP contribution in [0.2, 0.25) is 0 Å². The number of hydrogen-bond donors (Lipinski definition) is 2. The van der Waals surface area contributed by atoms with Crippen molar-refractivity contribution in [3.8, 4) is 0 Å². The Morgan fingerprint density at radius 3 is 2.77 bits per heavy atom. The van der Waals surface area contributed by atoms with Crippen molar-refractivity contribution in [1.82, 2.24) is 25.4 Å². The standard InChI is InChI=1S/C15H28N6S/c1-5-16-14(17-10-15(2,3)22-4)21-8-6-12(7-9-21)13-18-11-19-20-13/h11-12H,5-10H2,1-4H3,(H,16,17)(H,18,19,20). The number of thioether (sulfide) groups is 1. The quantitative estimate of drug-likeness (QED) is 0.641. The summed E-state index contributed by atoms with van der Waals surface area (Å²) in [5.74, 6) is 2.55. The Kier molecular flexibility index (Phi) is 6.11. The lowest BCUT2D eigenvalue weighted by Crippen LogP contribution is -2.46. The third kappa shape index (κ3) is 4.63. The zero-order valence-corrected chi connectivity index (χ0v) is 14.9. The fourth-order valence-corrected chi connectivity index (χ4v) is 2.73. The summed E-state index contributed by atoms with van der Waals surface area (Å²) >= 11 is 1.86. The first kappa shape index (κ1) is 17.1. The summed E-state index contributed by atoms with van der Waals surface area (Å²) in [6, 6.07) is 0. The molecule has 2 N–H and O–H groups in total. The molecule has 1 aromatic heterocycles. The van der Waals surface area contributed by atoms with E-state index in [2.05, 4.69) is 52.4 Å². The summed E-state index contributed by atoms with van der Waals surface area (Å²) in [6.07, 6.45) is 5.92. The number of aliphatic imine (C=N–C) groups is 1. The van der Waals surface area contributed by atoms with Gasteiger partial charge in [-0.1, -0.05) is 0 Å². The Morgan fingerprint density at radius 1 is 1.50 bits per heavy atom. The summed E-state index contributed by atoms with van der Waals surface area (Å²) < 4.78 is 0.179. The zero-order valence-electron chi connectivity index (χ0n) is 14.1. The lowest BCUT2D eigenvalue weighted by molar-refractivity contribution is 0.298. The summed E-state index contributed by atoms with van der Waals surface area (Å²) in [5.41, 5.74) is 0. The summed E-state index contributed by atoms with van der Waals surface area (Å²) in [5, 5.41) is 10.4. The molecule has 2 heterocycles. The maximum atomic E-state index is 4.84. The van der Waals surface area contributed by atoms with E-state index >= 15 is 0 Å². The molecule has 1 fully saturated rings. The van der Waals surface area contributed by atoms with Crippen molar-refractivity contribution in [2.45, 2.75) is 44.3 Å². The van der Waals surface area contributed by atoms with Gasteiger partial charge in [0.1, 0.15) is 12.2 Å². The minimum atomic E-state index is 0.179. The molecule has 6 nitrogen and oxygen atoms in total. The van der Waals surface area contributed by atoms with Gasteiger partial charge in [0, 0.05) is 30.3 Å². The third-order valence-corrected chi connectivity index (χ3v) is 5.35. The van der Waals surface area contributed by atoms with Gasteiger partial charge in [-0.05, 0) is 39.9 Å². The third-order valence-electron chi connectivity index (χ3n) is 4.11. The largest absolute Gasteiger partial charge is 0.357 e. The summed E-state index contributed by atoms with van der Waals surface area (Å²) in [7, 11) is 0. The predicted octanol–water partition coefficient (Wildman–Crippen LogP) is 2.09. The van der Waals surface area contributed by atoms with E-state index < -0.39 is 0 Å². The molecule has 124 valence electrons. The monoisotopic (exact) mass is 324 g/mol. The van der Waals surface area contributed by atoms with Crippen molar-refractivity contribution in [1.29, 1.82) is 0 Å². The van der Waals surface area contributed by atoms with Gasteiger partial charge in [0.25, 0.3) is 0 Å². The van der Waals surface area contributed by atoms with Crippen LogP contribution >= 0.6 is 11.8 Å². The first-order chi connectivity index (χ1) is 10.6. The second-order valence-corrected chi connectivity index (χ2v) is 7.78. The second kappa shape index (κ2) is 7.85. The maximum absolute atomic E-state index is 4.84. The SMILES string of the molecule is CCNC(=NCC(C)(C)SC)N1CCC(c2ncn[nH]2)CC1. The fourth-order valence-electron chi connectivity index (χ4n) is 2.53. The normalized spacial score (nSPS) is 17.8. The van der Waals surface area contributed by atoms with Crippen LogP contribution in [0.5, 0.6) is 0 Å². The van der Waals surface area contributed by atoms with Crippen molar-refractivity contribution in [3.05, 3.63) is 12.2 Å². The molecule has 1 saturated heterocycles. The molecule has 1 aliphatic heterocycles. The highest BCUT2D eigenvalue weighted by atomic mass is 32.2. The Bertz CT molecular complexity index is 462. The van der Waals surface area contributed by atoms with Gasteiger partial charge in [0.2, 0.25) is 0 Å². The Balaban J connectivity index is 1.94. The molecular weight excluding hydrogens is 296 g/mol. The molecule has 1 aromatic rings. The van der Waals surface area contributed by atoms with Gasteiger partial charge in [-0.15, -0.1) is 0 Å². The average molecular weight is 324 g/mol. The van der Waals surface area contributed by atoms with Crippen LogP contribution in [-0.4, -0.2) is 63.2 Å². The lowest BCUT2D eigenvalue weighted by Gasteiger charge is -2.34. The van der Waals surface area contributed by atoms with Gasteiger partial charge < -0.3 is 10.2 Å². The number of hydrogen-bond acceptors (Lipinski definition) is 4. The van der Waals surface area contributed by atoms with Gasteiger partial charge in [-0.3, -0.25) is 10.1 Å². The zero-order chi connectivity index (χ0) is 16.0. The van der Waals surface area contributed by atoms with E-state index in [0.29, 0.717) is 5.92 Å². The molecule has 0 radical (unpaired) electrons. The van der Waals surface area contributed by atoms with Crippen molar-refractivity contribution < 1.29 is 0 Å². The minimum Gasteiger partial charge on any atom is -0.357 e. The molecule has 0 bridgehead atoms. The van der Waals surface area contributed by atoms with Gasteiger partial charge >= 0.3 is 0 Å². The van der Waals surface area contributed by atoms with Crippen LogP contribution in [0.3, 0.4) is 0 Å². The molecule has 0 saturated carbocycles. The molecule has 1 aliphatic rings. The molecule has 0 aromatic carbocycles.